The van der Waals surface area contributed by atoms with Gasteiger partial charge in [0.2, 0.25) is 0 Å². The van der Waals surface area contributed by atoms with Crippen LogP contribution in [0.4, 0.5) is 0 Å². The van der Waals surface area contributed by atoms with Gasteiger partial charge < -0.3 is 9.64 Å². The van der Waals surface area contributed by atoms with Crippen LogP contribution in [0, 0.1) is 6.92 Å². The average molecular weight is 256 g/mol. The van der Waals surface area contributed by atoms with Gasteiger partial charge >= 0.3 is 0 Å². The normalized spacial score (nSPS) is 11.3. The molecule has 0 aliphatic heterocycles. The predicted octanol–water partition coefficient (Wildman–Crippen LogP) is 3.71. The van der Waals surface area contributed by atoms with Gasteiger partial charge in [-0.15, -0.1) is 0 Å². The fraction of sp³-hybridized carbons (Fsp3) is 0.571. The van der Waals surface area contributed by atoms with Gasteiger partial charge in [0.05, 0.1) is 0 Å². The predicted molar refractivity (Wildman–Crippen MR) is 74.3 cm³/mol. The fourth-order valence-electron chi connectivity index (χ4n) is 1.58. The third-order valence-corrected chi connectivity index (χ3v) is 3.12. The zero-order chi connectivity index (χ0) is 13.0. The molecular formula is C14H22ClNO. The number of aryl methyl sites for hydroxylation is 1. The molecule has 2 nitrogen and oxygen atoms in total. The molecule has 0 bridgehead atoms. The molecule has 0 saturated heterocycles. The quantitative estimate of drug-likeness (QED) is 0.795. The van der Waals surface area contributed by atoms with Crippen LogP contribution in [0.1, 0.15) is 30.9 Å². The van der Waals surface area contributed by atoms with Crippen molar-refractivity contribution >= 4 is 11.6 Å². The molecule has 0 fully saturated rings. The Morgan fingerprint density at radius 2 is 1.94 bits per heavy atom. The molecule has 0 heterocycles. The minimum atomic E-state index is 0.419. The molecule has 1 aromatic carbocycles. The van der Waals surface area contributed by atoms with Gasteiger partial charge in [0, 0.05) is 11.6 Å². The highest BCUT2D eigenvalue weighted by Crippen LogP contribution is 2.31. The van der Waals surface area contributed by atoms with Crippen LogP contribution >= 0.6 is 11.6 Å². The molecular weight excluding hydrogens is 234 g/mol. The third kappa shape index (κ3) is 4.21. The lowest BCUT2D eigenvalue weighted by Crippen LogP contribution is -2.19. The molecule has 0 radical (unpaired) electrons. The maximum Gasteiger partial charge on any atom is 0.123 e. The second kappa shape index (κ2) is 6.27. The Labute approximate surface area is 110 Å². The summed E-state index contributed by atoms with van der Waals surface area (Å²) in [5.74, 6) is 1.38. The van der Waals surface area contributed by atoms with E-state index in [-0.39, 0.29) is 0 Å². The molecule has 0 saturated carbocycles. The largest absolute Gasteiger partial charge is 0.492 e. The van der Waals surface area contributed by atoms with Crippen LogP contribution in [0.25, 0.3) is 0 Å². The highest BCUT2D eigenvalue weighted by Gasteiger charge is 2.11. The molecule has 96 valence electrons. The van der Waals surface area contributed by atoms with Crippen molar-refractivity contribution in [3.8, 4) is 5.75 Å². The third-order valence-electron chi connectivity index (χ3n) is 2.71. The van der Waals surface area contributed by atoms with Gasteiger partial charge in [-0.1, -0.05) is 25.4 Å². The number of hydrogen-bond acceptors (Lipinski definition) is 2. The van der Waals surface area contributed by atoms with Crippen LogP contribution in [0.3, 0.4) is 0 Å². The Morgan fingerprint density at radius 3 is 2.47 bits per heavy atom. The van der Waals surface area contributed by atoms with Gasteiger partial charge in [0.1, 0.15) is 12.4 Å². The summed E-state index contributed by atoms with van der Waals surface area (Å²) in [7, 11) is 4.08. The van der Waals surface area contributed by atoms with E-state index in [9.17, 15) is 0 Å². The Balaban J connectivity index is 2.85. The zero-order valence-corrected chi connectivity index (χ0v) is 12.1. The second-order valence-electron chi connectivity index (χ2n) is 4.95. The molecule has 0 aliphatic carbocycles. The number of ether oxygens (including phenoxy) is 1. The molecule has 0 aliphatic rings. The van der Waals surface area contributed by atoms with Crippen LogP contribution in [0.5, 0.6) is 5.75 Å². The van der Waals surface area contributed by atoms with Crippen LogP contribution in [0.15, 0.2) is 12.1 Å². The van der Waals surface area contributed by atoms with E-state index in [0.29, 0.717) is 12.5 Å². The Hall–Kier alpha value is -0.730. The molecule has 1 aromatic rings. The number of benzene rings is 1. The molecule has 1 rings (SSSR count). The van der Waals surface area contributed by atoms with E-state index in [2.05, 4.69) is 18.7 Å². The molecule has 0 unspecified atom stereocenters. The smallest absolute Gasteiger partial charge is 0.123 e. The van der Waals surface area contributed by atoms with Crippen molar-refractivity contribution in [3.05, 3.63) is 28.3 Å². The fourth-order valence-corrected chi connectivity index (χ4v) is 1.76. The summed E-state index contributed by atoms with van der Waals surface area (Å²) in [4.78, 5) is 2.11. The number of likely N-dealkylation sites (N-methyl/N-ethyl adjacent to an activating group) is 1. The topological polar surface area (TPSA) is 12.5 Å². The van der Waals surface area contributed by atoms with Gasteiger partial charge in [-0.25, -0.2) is 0 Å². The van der Waals surface area contributed by atoms with E-state index in [1.807, 2.05) is 33.2 Å². The van der Waals surface area contributed by atoms with Crippen LogP contribution in [-0.2, 0) is 0 Å². The number of rotatable bonds is 5. The minimum Gasteiger partial charge on any atom is -0.492 e. The van der Waals surface area contributed by atoms with E-state index in [0.717, 1.165) is 22.9 Å². The SMILES string of the molecule is Cc1cc(OCCN(C)C)c(C(C)C)cc1Cl. The first kappa shape index (κ1) is 14.3. The van der Waals surface area contributed by atoms with Crippen molar-refractivity contribution in [2.45, 2.75) is 26.7 Å². The van der Waals surface area contributed by atoms with E-state index < -0.39 is 0 Å². The number of nitrogens with zero attached hydrogens (tertiary/aromatic N) is 1. The second-order valence-corrected chi connectivity index (χ2v) is 5.35. The highest BCUT2D eigenvalue weighted by molar-refractivity contribution is 6.31. The van der Waals surface area contributed by atoms with Crippen molar-refractivity contribution in [1.82, 2.24) is 4.90 Å². The van der Waals surface area contributed by atoms with Gasteiger partial charge in [-0.05, 0) is 50.2 Å². The Bertz CT molecular complexity index is 375. The van der Waals surface area contributed by atoms with Crippen molar-refractivity contribution in [2.75, 3.05) is 27.2 Å². The molecule has 17 heavy (non-hydrogen) atoms. The summed E-state index contributed by atoms with van der Waals surface area (Å²) in [5, 5.41) is 0.814. The van der Waals surface area contributed by atoms with E-state index in [1.165, 1.54) is 5.56 Å². The number of halogens is 1. The van der Waals surface area contributed by atoms with E-state index in [4.69, 9.17) is 16.3 Å². The van der Waals surface area contributed by atoms with E-state index in [1.54, 1.807) is 0 Å². The van der Waals surface area contributed by atoms with Gasteiger partial charge in [0.25, 0.3) is 0 Å². The average Bonchev–Trinajstić information content (AvgIpc) is 2.22. The van der Waals surface area contributed by atoms with Crippen molar-refractivity contribution in [2.24, 2.45) is 0 Å². The van der Waals surface area contributed by atoms with Crippen molar-refractivity contribution < 1.29 is 4.74 Å². The first-order valence-electron chi connectivity index (χ1n) is 5.99. The van der Waals surface area contributed by atoms with Crippen molar-refractivity contribution in [3.63, 3.8) is 0 Å². The lowest BCUT2D eigenvalue weighted by Gasteiger charge is -2.17. The summed E-state index contributed by atoms with van der Waals surface area (Å²) in [5.41, 5.74) is 2.25. The van der Waals surface area contributed by atoms with Crippen LogP contribution in [0.2, 0.25) is 5.02 Å². The summed E-state index contributed by atoms with van der Waals surface area (Å²) in [6.07, 6.45) is 0. The van der Waals surface area contributed by atoms with Gasteiger partial charge in [-0.3, -0.25) is 0 Å². The first-order valence-corrected chi connectivity index (χ1v) is 6.37. The van der Waals surface area contributed by atoms with Crippen molar-refractivity contribution in [1.29, 1.82) is 0 Å². The summed E-state index contributed by atoms with van der Waals surface area (Å²) in [6.45, 7) is 7.93. The zero-order valence-electron chi connectivity index (χ0n) is 11.4. The molecule has 0 N–H and O–H groups in total. The maximum absolute atomic E-state index is 6.15. The lowest BCUT2D eigenvalue weighted by atomic mass is 10.0. The summed E-state index contributed by atoms with van der Waals surface area (Å²) >= 11 is 6.15. The van der Waals surface area contributed by atoms with E-state index >= 15 is 0 Å². The standard InChI is InChI=1S/C14H22ClNO/c1-10(2)12-9-13(15)11(3)8-14(12)17-7-6-16(4)5/h8-10H,6-7H2,1-5H3. The lowest BCUT2D eigenvalue weighted by molar-refractivity contribution is 0.259. The molecule has 0 aromatic heterocycles. The Morgan fingerprint density at radius 1 is 1.29 bits per heavy atom. The van der Waals surface area contributed by atoms with Crippen LogP contribution < -0.4 is 4.74 Å². The number of hydrogen-bond donors (Lipinski definition) is 0. The first-order chi connectivity index (χ1) is 7.91. The van der Waals surface area contributed by atoms with Gasteiger partial charge in [0.15, 0.2) is 0 Å². The Kier molecular flexibility index (Phi) is 5.29. The molecule has 0 atom stereocenters. The molecule has 0 amide bonds. The maximum atomic E-state index is 6.15. The van der Waals surface area contributed by atoms with Gasteiger partial charge in [-0.2, -0.15) is 0 Å². The summed E-state index contributed by atoms with van der Waals surface area (Å²) < 4.78 is 5.84. The molecule has 3 heteroatoms. The highest BCUT2D eigenvalue weighted by atomic mass is 35.5. The summed E-state index contributed by atoms with van der Waals surface area (Å²) in [6, 6.07) is 4.06. The van der Waals surface area contributed by atoms with Crippen LogP contribution in [-0.4, -0.2) is 32.1 Å². The molecule has 0 spiro atoms. The minimum absolute atomic E-state index is 0.419. The monoisotopic (exact) mass is 255 g/mol.